The van der Waals surface area contributed by atoms with Gasteiger partial charge < -0.3 is 0 Å². The Morgan fingerprint density at radius 1 is 0.395 bits per heavy atom. The summed E-state index contributed by atoms with van der Waals surface area (Å²) >= 11 is 0. The molecule has 8 saturated carbocycles. The van der Waals surface area contributed by atoms with Gasteiger partial charge in [0.2, 0.25) is 0 Å². The van der Waals surface area contributed by atoms with Gasteiger partial charge >= 0.3 is 0 Å². The second-order valence-electron chi connectivity index (χ2n) is 18.5. The van der Waals surface area contributed by atoms with Crippen LogP contribution in [0.4, 0.5) is 0 Å². The number of allylic oxidation sites excluding steroid dienone is 2. The Morgan fingerprint density at radius 3 is 1.56 bits per heavy atom. The zero-order valence-corrected chi connectivity index (χ0v) is 28.5. The summed E-state index contributed by atoms with van der Waals surface area (Å²) < 4.78 is 0. The van der Waals surface area contributed by atoms with Crippen molar-refractivity contribution in [1.82, 2.24) is 4.90 Å². The molecule has 0 amide bonds. The maximum atomic E-state index is 3.30. The summed E-state index contributed by atoms with van der Waals surface area (Å²) in [5, 5.41) is 0. The Balaban J connectivity index is 0.989. The Bertz CT molecular complexity index is 909. The van der Waals surface area contributed by atoms with Crippen molar-refractivity contribution < 1.29 is 0 Å². The minimum Gasteiger partial charge on any atom is -0.294 e. The van der Waals surface area contributed by atoms with Crippen LogP contribution < -0.4 is 0 Å². The summed E-state index contributed by atoms with van der Waals surface area (Å²) in [5.41, 5.74) is 0. The first-order valence-corrected chi connectivity index (χ1v) is 20.6. The van der Waals surface area contributed by atoms with E-state index in [1.807, 2.05) is 0 Å². The van der Waals surface area contributed by atoms with Gasteiger partial charge in [-0.15, -0.1) is 0 Å². The highest BCUT2D eigenvalue weighted by Gasteiger charge is 2.53. The first-order valence-electron chi connectivity index (χ1n) is 20.6. The van der Waals surface area contributed by atoms with E-state index in [1.165, 1.54) is 89.9 Å². The van der Waals surface area contributed by atoms with E-state index in [1.54, 1.807) is 57.8 Å². The van der Waals surface area contributed by atoms with E-state index in [2.05, 4.69) is 30.9 Å². The standard InChI is InChI=1S/C42H69N/c1-28-10-22-35(23-11-28)43(36-24-12-29(2)13-25-36)40-27-21-30(37-8-3-4-9-39(37)40)14-15-31-16-17-34-19-18-32-6-5-7-33-20-26-38(31)42(34)41(32)33/h14-15,28-42H,3-13,16-27H2,1-2H3. The number of hydrogen-bond acceptors (Lipinski definition) is 1. The molecular weight excluding hydrogens is 518 g/mol. The van der Waals surface area contributed by atoms with Crippen LogP contribution >= 0.6 is 0 Å². The van der Waals surface area contributed by atoms with Gasteiger partial charge in [-0.2, -0.15) is 0 Å². The van der Waals surface area contributed by atoms with Crippen LogP contribution in [0.3, 0.4) is 0 Å². The fourth-order valence-corrected chi connectivity index (χ4v) is 14.4. The number of hydrogen-bond donors (Lipinski definition) is 0. The molecule has 0 N–H and O–H groups in total. The van der Waals surface area contributed by atoms with Gasteiger partial charge in [-0.3, -0.25) is 4.90 Å². The molecule has 1 heteroatoms. The van der Waals surface area contributed by atoms with E-state index in [0.717, 1.165) is 89.1 Å². The molecule has 0 heterocycles. The predicted octanol–water partition coefficient (Wildman–Crippen LogP) is 11.5. The average Bonchev–Trinajstić information content (AvgIpc) is 3.05. The first-order chi connectivity index (χ1) is 21.1. The molecule has 43 heavy (non-hydrogen) atoms. The van der Waals surface area contributed by atoms with Gasteiger partial charge in [0.1, 0.15) is 0 Å². The molecule has 0 bridgehead atoms. The van der Waals surface area contributed by atoms with E-state index in [0.29, 0.717) is 0 Å². The zero-order valence-electron chi connectivity index (χ0n) is 28.5. The normalized spacial score (nSPS) is 52.0. The van der Waals surface area contributed by atoms with Gasteiger partial charge in [-0.25, -0.2) is 0 Å². The quantitative estimate of drug-likeness (QED) is 0.289. The summed E-state index contributed by atoms with van der Waals surface area (Å²) in [6, 6.07) is 2.71. The Morgan fingerprint density at radius 2 is 0.907 bits per heavy atom. The maximum Gasteiger partial charge on any atom is 0.0132 e. The summed E-state index contributed by atoms with van der Waals surface area (Å²) in [6.45, 7) is 5.05. The molecule has 11 atom stereocenters. The van der Waals surface area contributed by atoms with Crippen molar-refractivity contribution in [2.24, 2.45) is 71.0 Å². The molecule has 0 aromatic rings. The van der Waals surface area contributed by atoms with Crippen molar-refractivity contribution in [3.63, 3.8) is 0 Å². The number of fused-ring (bicyclic) bond motifs is 1. The highest BCUT2D eigenvalue weighted by atomic mass is 15.2. The summed E-state index contributed by atoms with van der Waals surface area (Å²) in [5.74, 6) is 12.4. The molecule has 8 rings (SSSR count). The van der Waals surface area contributed by atoms with Crippen LogP contribution in [0.1, 0.15) is 162 Å². The molecular formula is C42H69N. The molecule has 0 aromatic heterocycles. The molecule has 11 unspecified atom stereocenters. The van der Waals surface area contributed by atoms with Crippen LogP contribution in [0.15, 0.2) is 12.2 Å². The molecule has 0 aromatic carbocycles. The fourth-order valence-electron chi connectivity index (χ4n) is 14.4. The van der Waals surface area contributed by atoms with Crippen molar-refractivity contribution in [3.05, 3.63) is 12.2 Å². The summed E-state index contributed by atoms with van der Waals surface area (Å²) in [7, 11) is 0. The average molecular weight is 588 g/mol. The van der Waals surface area contributed by atoms with Crippen LogP contribution in [0.25, 0.3) is 0 Å². The van der Waals surface area contributed by atoms with E-state index >= 15 is 0 Å². The fraction of sp³-hybridized carbons (Fsp3) is 0.952. The topological polar surface area (TPSA) is 3.24 Å². The van der Waals surface area contributed by atoms with Gasteiger partial charge in [0.15, 0.2) is 0 Å². The Labute approximate surface area is 267 Å². The predicted molar refractivity (Wildman–Crippen MR) is 182 cm³/mol. The first kappa shape index (κ1) is 30.1. The lowest BCUT2D eigenvalue weighted by molar-refractivity contribution is -0.0890. The van der Waals surface area contributed by atoms with Crippen LogP contribution in [0, 0.1) is 71.0 Å². The van der Waals surface area contributed by atoms with Crippen molar-refractivity contribution >= 4 is 0 Å². The zero-order chi connectivity index (χ0) is 28.9. The smallest absolute Gasteiger partial charge is 0.0132 e. The van der Waals surface area contributed by atoms with Crippen molar-refractivity contribution in [1.29, 1.82) is 0 Å². The lowest BCUT2D eigenvalue weighted by Crippen LogP contribution is -2.57. The summed E-state index contributed by atoms with van der Waals surface area (Å²) in [4.78, 5) is 3.30. The lowest BCUT2D eigenvalue weighted by Gasteiger charge is -2.59. The van der Waals surface area contributed by atoms with E-state index in [9.17, 15) is 0 Å². The molecule has 8 aliphatic rings. The second-order valence-corrected chi connectivity index (χ2v) is 18.5. The minimum atomic E-state index is 0.893. The third kappa shape index (κ3) is 5.88. The van der Waals surface area contributed by atoms with Gasteiger partial charge in [-0.1, -0.05) is 58.1 Å². The number of rotatable bonds is 5. The SMILES string of the molecule is CC1CCC(N(C2CCC(C)CC2)C2CCC(C=CC3CCC4CCC5CCCC6CCC3C4C56)C3CCCCC32)CC1. The van der Waals surface area contributed by atoms with E-state index < -0.39 is 0 Å². The molecule has 8 fully saturated rings. The lowest BCUT2D eigenvalue weighted by atomic mass is 9.46. The van der Waals surface area contributed by atoms with Crippen molar-refractivity contribution in [2.45, 2.75) is 180 Å². The number of nitrogens with zero attached hydrogens (tertiary/aromatic N) is 1. The third-order valence-corrected chi connectivity index (χ3v) is 16.4. The maximum absolute atomic E-state index is 3.30. The largest absolute Gasteiger partial charge is 0.294 e. The van der Waals surface area contributed by atoms with Gasteiger partial charge in [0.25, 0.3) is 0 Å². The van der Waals surface area contributed by atoms with Crippen LogP contribution in [-0.2, 0) is 0 Å². The van der Waals surface area contributed by atoms with Crippen molar-refractivity contribution in [3.8, 4) is 0 Å². The van der Waals surface area contributed by atoms with Gasteiger partial charge in [-0.05, 0) is 187 Å². The summed E-state index contributed by atoms with van der Waals surface area (Å²) in [6.07, 6.45) is 41.1. The van der Waals surface area contributed by atoms with E-state index in [-0.39, 0.29) is 0 Å². The molecule has 0 saturated heterocycles. The van der Waals surface area contributed by atoms with E-state index in [4.69, 9.17) is 0 Å². The highest BCUT2D eigenvalue weighted by Crippen LogP contribution is 2.61. The molecule has 0 aliphatic heterocycles. The molecule has 0 radical (unpaired) electrons. The van der Waals surface area contributed by atoms with Crippen molar-refractivity contribution in [2.75, 3.05) is 0 Å². The molecule has 242 valence electrons. The second kappa shape index (κ2) is 13.1. The monoisotopic (exact) mass is 588 g/mol. The Kier molecular flexibility index (Phi) is 9.14. The van der Waals surface area contributed by atoms with Crippen LogP contribution in [0.2, 0.25) is 0 Å². The molecule has 0 spiro atoms. The Hall–Kier alpha value is -0.300. The molecule has 8 aliphatic carbocycles. The highest BCUT2D eigenvalue weighted by molar-refractivity contribution is 5.09. The third-order valence-electron chi connectivity index (χ3n) is 16.4. The van der Waals surface area contributed by atoms with Gasteiger partial charge in [0, 0.05) is 18.1 Å². The molecule has 1 nitrogen and oxygen atoms in total. The minimum absolute atomic E-state index is 0.893. The van der Waals surface area contributed by atoms with Gasteiger partial charge in [0.05, 0.1) is 0 Å². The van der Waals surface area contributed by atoms with Crippen LogP contribution in [-0.4, -0.2) is 23.0 Å². The van der Waals surface area contributed by atoms with Crippen LogP contribution in [0.5, 0.6) is 0 Å².